The fourth-order valence-electron chi connectivity index (χ4n) is 2.26. The first-order valence-corrected chi connectivity index (χ1v) is 8.46. The number of rotatable bonds is 5. The Balaban J connectivity index is 1.71. The molecule has 3 rings (SSSR count). The molecule has 1 N–H and O–H groups in total. The fraction of sp³-hybridized carbons (Fsp3) is 0.167. The molecular weight excluding hydrogens is 304 g/mol. The van der Waals surface area contributed by atoms with E-state index in [4.69, 9.17) is 0 Å². The van der Waals surface area contributed by atoms with Crippen molar-refractivity contribution in [3.8, 4) is 0 Å². The largest absolute Gasteiger partial charge is 0.339 e. The number of benzene rings is 2. The van der Waals surface area contributed by atoms with E-state index in [0.29, 0.717) is 0 Å². The quantitative estimate of drug-likeness (QED) is 0.487. The van der Waals surface area contributed by atoms with E-state index in [-0.39, 0.29) is 0 Å². The van der Waals surface area contributed by atoms with Gasteiger partial charge in [-0.15, -0.1) is 0 Å². The molecule has 0 spiro atoms. The van der Waals surface area contributed by atoms with Gasteiger partial charge in [-0.3, -0.25) is 0 Å². The predicted octanol–water partition coefficient (Wildman–Crippen LogP) is 5.52. The van der Waals surface area contributed by atoms with Gasteiger partial charge in [0.1, 0.15) is 11.4 Å². The van der Waals surface area contributed by atoms with Gasteiger partial charge in [-0.05, 0) is 50.2 Å². The molecule has 23 heavy (non-hydrogen) atoms. The number of nitrogens with zero attached hydrogens (tertiary/aromatic N) is 3. The molecule has 0 saturated heterocycles. The zero-order chi connectivity index (χ0) is 16.1. The Labute approximate surface area is 140 Å². The van der Waals surface area contributed by atoms with Gasteiger partial charge in [0.25, 0.3) is 0 Å². The van der Waals surface area contributed by atoms with Gasteiger partial charge >= 0.3 is 5.13 Å². The molecule has 0 aliphatic heterocycles. The number of thiazole rings is 1. The fourth-order valence-corrected chi connectivity index (χ4v) is 3.25. The number of azo groups is 1. The summed E-state index contributed by atoms with van der Waals surface area (Å²) in [6.07, 6.45) is 0. The second kappa shape index (κ2) is 7.15. The van der Waals surface area contributed by atoms with E-state index in [0.717, 1.165) is 28.7 Å². The molecule has 0 amide bonds. The maximum absolute atomic E-state index is 4.26. The average Bonchev–Trinajstić information content (AvgIpc) is 2.95. The van der Waals surface area contributed by atoms with Crippen LogP contribution in [0.4, 0.5) is 22.2 Å². The van der Waals surface area contributed by atoms with Crippen LogP contribution < -0.4 is 9.88 Å². The van der Waals surface area contributed by atoms with Gasteiger partial charge < -0.3 is 0 Å². The Morgan fingerprint density at radius 2 is 1.61 bits per heavy atom. The third-order valence-electron chi connectivity index (χ3n) is 3.48. The van der Waals surface area contributed by atoms with E-state index >= 15 is 0 Å². The molecule has 0 aliphatic carbocycles. The second-order valence-electron chi connectivity index (χ2n) is 5.13. The van der Waals surface area contributed by atoms with Crippen LogP contribution in [-0.2, 0) is 6.54 Å². The van der Waals surface area contributed by atoms with Crippen molar-refractivity contribution in [2.45, 2.75) is 20.4 Å². The summed E-state index contributed by atoms with van der Waals surface area (Å²) < 4.78 is 2.26. The summed E-state index contributed by atoms with van der Waals surface area (Å²) in [5.74, 6) is 0. The smallest absolute Gasteiger partial charge is 0.231 e. The molecule has 3 aromatic rings. The summed E-state index contributed by atoms with van der Waals surface area (Å²) >= 11 is 1.72. The number of nitrogens with one attached hydrogen (secondary N) is 1. The average molecular weight is 323 g/mol. The molecule has 1 heterocycles. The maximum Gasteiger partial charge on any atom is 0.339 e. The minimum absolute atomic E-state index is 0.838. The van der Waals surface area contributed by atoms with Crippen molar-refractivity contribution >= 4 is 33.5 Å². The molecule has 0 atom stereocenters. The van der Waals surface area contributed by atoms with E-state index in [1.807, 2.05) is 54.6 Å². The molecule has 0 saturated carbocycles. The van der Waals surface area contributed by atoms with Crippen LogP contribution in [0.1, 0.15) is 12.6 Å². The highest BCUT2D eigenvalue weighted by atomic mass is 32.1. The highest BCUT2D eigenvalue weighted by Gasteiger charge is 2.13. The van der Waals surface area contributed by atoms with Crippen LogP contribution in [0.15, 0.2) is 70.2 Å². The summed E-state index contributed by atoms with van der Waals surface area (Å²) in [5, 5.41) is 15.2. The summed E-state index contributed by atoms with van der Waals surface area (Å²) in [6, 6.07) is 17.7. The van der Waals surface area contributed by atoms with Gasteiger partial charge in [-0.25, -0.2) is 9.88 Å². The normalized spacial score (nSPS) is 11.0. The molecule has 5 heteroatoms. The van der Waals surface area contributed by atoms with E-state index in [1.165, 1.54) is 5.69 Å². The summed E-state index contributed by atoms with van der Waals surface area (Å²) in [7, 11) is 0. The van der Waals surface area contributed by atoms with Crippen molar-refractivity contribution in [2.75, 3.05) is 5.32 Å². The third-order valence-corrected chi connectivity index (χ3v) is 4.49. The highest BCUT2D eigenvalue weighted by molar-refractivity contribution is 7.13. The SMILES string of the molecule is CC[n+]1c(C)csc1Nc1ccc(N=Nc2ccccc2)cc1. The predicted molar refractivity (Wildman–Crippen MR) is 95.3 cm³/mol. The minimum atomic E-state index is 0.838. The van der Waals surface area contributed by atoms with Gasteiger partial charge in [0, 0.05) is 5.38 Å². The van der Waals surface area contributed by atoms with Gasteiger partial charge in [0.05, 0.1) is 17.9 Å². The Morgan fingerprint density at radius 3 is 2.26 bits per heavy atom. The van der Waals surface area contributed by atoms with E-state index < -0.39 is 0 Å². The van der Waals surface area contributed by atoms with Crippen LogP contribution in [-0.4, -0.2) is 0 Å². The van der Waals surface area contributed by atoms with Crippen molar-refractivity contribution in [1.82, 2.24) is 0 Å². The molecule has 0 fully saturated rings. The lowest BCUT2D eigenvalue weighted by atomic mass is 10.3. The maximum atomic E-state index is 4.26. The molecule has 0 bridgehead atoms. The van der Waals surface area contributed by atoms with Crippen molar-refractivity contribution in [3.63, 3.8) is 0 Å². The number of aryl methyl sites for hydroxylation is 1. The lowest BCUT2D eigenvalue weighted by Gasteiger charge is -2.01. The van der Waals surface area contributed by atoms with Crippen molar-refractivity contribution in [3.05, 3.63) is 65.7 Å². The topological polar surface area (TPSA) is 40.6 Å². The Bertz CT molecular complexity index is 792. The van der Waals surface area contributed by atoms with Gasteiger partial charge in [-0.2, -0.15) is 10.2 Å². The molecule has 0 radical (unpaired) electrons. The molecule has 0 unspecified atom stereocenters. The Morgan fingerprint density at radius 1 is 0.957 bits per heavy atom. The first-order chi connectivity index (χ1) is 11.3. The van der Waals surface area contributed by atoms with Gasteiger partial charge in [0.15, 0.2) is 0 Å². The van der Waals surface area contributed by atoms with Crippen LogP contribution in [0.5, 0.6) is 0 Å². The number of aromatic nitrogens is 1. The van der Waals surface area contributed by atoms with Crippen LogP contribution in [0.2, 0.25) is 0 Å². The zero-order valence-electron chi connectivity index (χ0n) is 13.2. The Kier molecular flexibility index (Phi) is 4.78. The first kappa shape index (κ1) is 15.4. The van der Waals surface area contributed by atoms with Crippen LogP contribution in [0, 0.1) is 6.92 Å². The van der Waals surface area contributed by atoms with Crippen LogP contribution in [0.25, 0.3) is 0 Å². The molecule has 4 nitrogen and oxygen atoms in total. The number of hydrogen-bond acceptors (Lipinski definition) is 4. The van der Waals surface area contributed by atoms with E-state index in [9.17, 15) is 0 Å². The number of hydrogen-bond donors (Lipinski definition) is 1. The first-order valence-electron chi connectivity index (χ1n) is 7.58. The van der Waals surface area contributed by atoms with E-state index in [1.54, 1.807) is 11.3 Å². The van der Waals surface area contributed by atoms with Crippen molar-refractivity contribution in [2.24, 2.45) is 10.2 Å². The molecule has 116 valence electrons. The Hall–Kier alpha value is -2.53. The zero-order valence-corrected chi connectivity index (χ0v) is 14.0. The van der Waals surface area contributed by atoms with Crippen LogP contribution in [0.3, 0.4) is 0 Å². The number of anilines is 2. The third kappa shape index (κ3) is 3.81. The highest BCUT2D eigenvalue weighted by Crippen LogP contribution is 2.23. The standard InChI is InChI=1S/C18H18N4S/c1-3-22-14(2)13-23-18(22)19-15-9-11-17(12-10-15)21-20-16-7-5-4-6-8-16/h4-13H,3H2,1-2H3/p+1. The molecular formula is C18H19N4S+. The lowest BCUT2D eigenvalue weighted by molar-refractivity contribution is -0.681. The molecule has 2 aromatic carbocycles. The monoisotopic (exact) mass is 323 g/mol. The van der Waals surface area contributed by atoms with Crippen molar-refractivity contribution in [1.29, 1.82) is 0 Å². The van der Waals surface area contributed by atoms with E-state index in [2.05, 4.69) is 39.3 Å². The molecule has 1 aromatic heterocycles. The van der Waals surface area contributed by atoms with Crippen molar-refractivity contribution < 1.29 is 4.57 Å². The summed E-state index contributed by atoms with van der Waals surface area (Å²) in [4.78, 5) is 0. The lowest BCUT2D eigenvalue weighted by Crippen LogP contribution is -2.35. The van der Waals surface area contributed by atoms with Gasteiger partial charge in [-0.1, -0.05) is 29.5 Å². The summed E-state index contributed by atoms with van der Waals surface area (Å²) in [6.45, 7) is 5.23. The summed E-state index contributed by atoms with van der Waals surface area (Å²) in [5.41, 5.74) is 4.01. The van der Waals surface area contributed by atoms with Crippen LogP contribution >= 0.6 is 11.3 Å². The van der Waals surface area contributed by atoms with Gasteiger partial charge in [0.2, 0.25) is 0 Å². The minimum Gasteiger partial charge on any atom is -0.231 e. The second-order valence-corrected chi connectivity index (χ2v) is 5.99. The molecule has 0 aliphatic rings.